The van der Waals surface area contributed by atoms with Gasteiger partial charge in [-0.25, -0.2) is 12.7 Å². The van der Waals surface area contributed by atoms with E-state index in [2.05, 4.69) is 5.32 Å². The van der Waals surface area contributed by atoms with Crippen LogP contribution in [0.25, 0.3) is 0 Å². The summed E-state index contributed by atoms with van der Waals surface area (Å²) < 4.78 is 25.4. The van der Waals surface area contributed by atoms with E-state index in [0.717, 1.165) is 11.1 Å². The quantitative estimate of drug-likeness (QED) is 0.734. The lowest BCUT2D eigenvalue weighted by Crippen LogP contribution is -2.36. The Bertz CT molecular complexity index is 792. The molecule has 1 amide bonds. The third-order valence-corrected chi connectivity index (χ3v) is 5.53. The van der Waals surface area contributed by atoms with Crippen molar-refractivity contribution in [1.82, 2.24) is 9.62 Å². The van der Waals surface area contributed by atoms with Gasteiger partial charge in [0.15, 0.2) is 0 Å². The lowest BCUT2D eigenvalue weighted by Gasteiger charge is -2.20. The highest BCUT2D eigenvalue weighted by molar-refractivity contribution is 7.88. The van der Waals surface area contributed by atoms with Crippen molar-refractivity contribution in [3.05, 3.63) is 71.8 Å². The Kier molecular flexibility index (Phi) is 7.36. The van der Waals surface area contributed by atoms with Gasteiger partial charge in [0.2, 0.25) is 15.9 Å². The van der Waals surface area contributed by atoms with Crippen LogP contribution < -0.4 is 5.32 Å². The second-order valence-electron chi connectivity index (χ2n) is 6.35. The van der Waals surface area contributed by atoms with E-state index in [9.17, 15) is 13.2 Å². The van der Waals surface area contributed by atoms with Crippen LogP contribution in [0.1, 0.15) is 30.5 Å². The average molecular weight is 375 g/mol. The van der Waals surface area contributed by atoms with Crippen molar-refractivity contribution in [3.63, 3.8) is 0 Å². The number of carbonyl (C=O) groups is 1. The predicted molar refractivity (Wildman–Crippen MR) is 104 cm³/mol. The van der Waals surface area contributed by atoms with Crippen LogP contribution in [0.15, 0.2) is 60.7 Å². The van der Waals surface area contributed by atoms with E-state index in [4.69, 9.17) is 0 Å². The highest BCUT2D eigenvalue weighted by atomic mass is 32.2. The number of hydrogen-bond acceptors (Lipinski definition) is 3. The van der Waals surface area contributed by atoms with E-state index in [1.807, 2.05) is 67.6 Å². The average Bonchev–Trinajstić information content (AvgIpc) is 2.62. The summed E-state index contributed by atoms with van der Waals surface area (Å²) in [5.74, 6) is -0.158. The van der Waals surface area contributed by atoms with Gasteiger partial charge in [0.25, 0.3) is 0 Å². The summed E-state index contributed by atoms with van der Waals surface area (Å²) in [6.07, 6.45) is 1.94. The van der Waals surface area contributed by atoms with Gasteiger partial charge >= 0.3 is 0 Å². The topological polar surface area (TPSA) is 66.5 Å². The Morgan fingerprint density at radius 2 is 1.58 bits per heavy atom. The summed E-state index contributed by atoms with van der Waals surface area (Å²) in [4.78, 5) is 12.2. The standard InChI is InChI=1S/C20H26N2O3S/c1-17(19-11-7-4-8-12-19)21-20(23)14-16-22(26(2,24)25)15-13-18-9-5-3-6-10-18/h3-12,17H,13-16H2,1-2H3,(H,21,23). The lowest BCUT2D eigenvalue weighted by molar-refractivity contribution is -0.121. The van der Waals surface area contributed by atoms with Gasteiger partial charge in [-0.05, 0) is 24.5 Å². The Balaban J connectivity index is 1.87. The number of amides is 1. The summed E-state index contributed by atoms with van der Waals surface area (Å²) in [6, 6.07) is 19.3. The molecule has 1 unspecified atom stereocenters. The van der Waals surface area contributed by atoms with Crippen molar-refractivity contribution in [2.45, 2.75) is 25.8 Å². The zero-order chi connectivity index (χ0) is 19.0. The zero-order valence-electron chi connectivity index (χ0n) is 15.3. The van der Waals surface area contributed by atoms with E-state index in [0.29, 0.717) is 13.0 Å². The van der Waals surface area contributed by atoms with Crippen LogP contribution in [-0.2, 0) is 21.2 Å². The monoisotopic (exact) mass is 374 g/mol. The van der Waals surface area contributed by atoms with Crippen molar-refractivity contribution in [3.8, 4) is 0 Å². The van der Waals surface area contributed by atoms with E-state index in [1.54, 1.807) is 0 Å². The fourth-order valence-corrected chi connectivity index (χ4v) is 3.55. The highest BCUT2D eigenvalue weighted by Gasteiger charge is 2.18. The van der Waals surface area contributed by atoms with Gasteiger partial charge < -0.3 is 5.32 Å². The van der Waals surface area contributed by atoms with Crippen molar-refractivity contribution < 1.29 is 13.2 Å². The van der Waals surface area contributed by atoms with Gasteiger partial charge in [0.05, 0.1) is 12.3 Å². The summed E-state index contributed by atoms with van der Waals surface area (Å²) in [5.41, 5.74) is 2.09. The third-order valence-electron chi connectivity index (χ3n) is 4.23. The number of benzene rings is 2. The smallest absolute Gasteiger partial charge is 0.221 e. The third kappa shape index (κ3) is 6.61. The van der Waals surface area contributed by atoms with Crippen LogP contribution in [0.5, 0.6) is 0 Å². The molecule has 0 radical (unpaired) electrons. The second kappa shape index (κ2) is 9.50. The van der Waals surface area contributed by atoms with Gasteiger partial charge in [-0.3, -0.25) is 4.79 Å². The number of nitrogens with one attached hydrogen (secondary N) is 1. The SMILES string of the molecule is CC(NC(=O)CCN(CCc1ccccc1)S(C)(=O)=O)c1ccccc1. The summed E-state index contributed by atoms with van der Waals surface area (Å²) in [7, 11) is -3.36. The first-order chi connectivity index (χ1) is 12.4. The molecule has 1 atom stereocenters. The van der Waals surface area contributed by atoms with Crippen LogP contribution >= 0.6 is 0 Å². The van der Waals surface area contributed by atoms with Crippen molar-refractivity contribution in [2.75, 3.05) is 19.3 Å². The molecule has 0 aliphatic carbocycles. The van der Waals surface area contributed by atoms with Gasteiger partial charge in [-0.1, -0.05) is 60.7 Å². The Morgan fingerprint density at radius 1 is 1.00 bits per heavy atom. The van der Waals surface area contributed by atoms with Crippen molar-refractivity contribution in [1.29, 1.82) is 0 Å². The molecular weight excluding hydrogens is 348 g/mol. The minimum Gasteiger partial charge on any atom is -0.350 e. The molecule has 0 fully saturated rings. The van der Waals surface area contributed by atoms with Gasteiger partial charge in [-0.15, -0.1) is 0 Å². The minimum atomic E-state index is -3.36. The van der Waals surface area contributed by atoms with Gasteiger partial charge in [-0.2, -0.15) is 0 Å². The number of hydrogen-bond donors (Lipinski definition) is 1. The van der Waals surface area contributed by atoms with Crippen LogP contribution in [0.2, 0.25) is 0 Å². The molecule has 2 aromatic carbocycles. The second-order valence-corrected chi connectivity index (χ2v) is 8.33. The maximum Gasteiger partial charge on any atom is 0.221 e. The number of sulfonamides is 1. The Labute approximate surface area is 156 Å². The molecule has 2 rings (SSSR count). The van der Waals surface area contributed by atoms with Crippen LogP contribution in [-0.4, -0.2) is 38.0 Å². The summed E-state index contributed by atoms with van der Waals surface area (Å²) in [5, 5.41) is 2.92. The molecule has 0 saturated carbocycles. The maximum atomic E-state index is 12.2. The molecule has 26 heavy (non-hydrogen) atoms. The normalized spacial score (nSPS) is 12.7. The van der Waals surface area contributed by atoms with Gasteiger partial charge in [0, 0.05) is 19.5 Å². The molecule has 0 heterocycles. The molecule has 0 aromatic heterocycles. The number of rotatable bonds is 9. The van der Waals surface area contributed by atoms with Gasteiger partial charge in [0.1, 0.15) is 0 Å². The van der Waals surface area contributed by atoms with E-state index < -0.39 is 10.0 Å². The number of nitrogens with zero attached hydrogens (tertiary/aromatic N) is 1. The molecule has 0 bridgehead atoms. The fraction of sp³-hybridized carbons (Fsp3) is 0.350. The number of carbonyl (C=O) groups excluding carboxylic acids is 1. The summed E-state index contributed by atoms with van der Waals surface area (Å²) >= 11 is 0. The molecule has 6 heteroatoms. The molecule has 1 N–H and O–H groups in total. The lowest BCUT2D eigenvalue weighted by atomic mass is 10.1. The molecule has 5 nitrogen and oxygen atoms in total. The van der Waals surface area contributed by atoms with Crippen LogP contribution in [0.3, 0.4) is 0 Å². The molecule has 2 aromatic rings. The maximum absolute atomic E-state index is 12.2. The largest absolute Gasteiger partial charge is 0.350 e. The minimum absolute atomic E-state index is 0.111. The Morgan fingerprint density at radius 3 is 2.15 bits per heavy atom. The molecule has 0 aliphatic rings. The van der Waals surface area contributed by atoms with E-state index in [-0.39, 0.29) is 24.9 Å². The summed E-state index contributed by atoms with van der Waals surface area (Å²) in [6.45, 7) is 2.46. The van der Waals surface area contributed by atoms with Crippen LogP contribution in [0.4, 0.5) is 0 Å². The zero-order valence-corrected chi connectivity index (χ0v) is 16.1. The molecule has 140 valence electrons. The molecule has 0 spiro atoms. The fourth-order valence-electron chi connectivity index (χ4n) is 2.71. The van der Waals surface area contributed by atoms with Crippen molar-refractivity contribution in [2.24, 2.45) is 0 Å². The molecular formula is C20H26N2O3S. The van der Waals surface area contributed by atoms with E-state index in [1.165, 1.54) is 10.6 Å². The first kappa shape index (κ1) is 20.1. The van der Waals surface area contributed by atoms with Crippen molar-refractivity contribution >= 4 is 15.9 Å². The molecule has 0 aliphatic heterocycles. The predicted octanol–water partition coefficient (Wildman–Crippen LogP) is 2.76. The first-order valence-electron chi connectivity index (χ1n) is 8.69. The first-order valence-corrected chi connectivity index (χ1v) is 10.5. The van der Waals surface area contributed by atoms with Crippen LogP contribution in [0, 0.1) is 0 Å². The van der Waals surface area contributed by atoms with E-state index >= 15 is 0 Å². The Hall–Kier alpha value is -2.18. The molecule has 0 saturated heterocycles. The highest BCUT2D eigenvalue weighted by Crippen LogP contribution is 2.11.